The molecule has 0 bridgehead atoms. The summed E-state index contributed by atoms with van der Waals surface area (Å²) in [6.45, 7) is 2.29. The molecule has 7 heteroatoms. The fourth-order valence-corrected chi connectivity index (χ4v) is 4.35. The second kappa shape index (κ2) is 5.71. The van der Waals surface area contributed by atoms with Gasteiger partial charge in [0.05, 0.1) is 5.60 Å². The van der Waals surface area contributed by atoms with E-state index in [1.54, 1.807) is 0 Å². The van der Waals surface area contributed by atoms with Crippen molar-refractivity contribution in [3.05, 3.63) is 28.5 Å². The van der Waals surface area contributed by atoms with E-state index in [0.29, 0.717) is 23.7 Å². The van der Waals surface area contributed by atoms with Gasteiger partial charge < -0.3 is 5.11 Å². The summed E-state index contributed by atoms with van der Waals surface area (Å²) in [7, 11) is -3.86. The number of hydrogen-bond donors (Lipinski definition) is 1. The van der Waals surface area contributed by atoms with Gasteiger partial charge in [0.15, 0.2) is 0 Å². The minimum atomic E-state index is -3.86. The van der Waals surface area contributed by atoms with E-state index in [9.17, 15) is 17.9 Å². The quantitative estimate of drug-likeness (QED) is 0.895. The van der Waals surface area contributed by atoms with E-state index in [-0.39, 0.29) is 18.0 Å². The van der Waals surface area contributed by atoms with E-state index >= 15 is 0 Å². The summed E-state index contributed by atoms with van der Waals surface area (Å²) in [5.41, 5.74) is -0.804. The van der Waals surface area contributed by atoms with Gasteiger partial charge >= 0.3 is 0 Å². The Morgan fingerprint density at radius 3 is 2.55 bits per heavy atom. The van der Waals surface area contributed by atoms with Gasteiger partial charge in [-0.1, -0.05) is 22.9 Å². The van der Waals surface area contributed by atoms with Gasteiger partial charge in [-0.05, 0) is 37.5 Å². The molecule has 0 amide bonds. The van der Waals surface area contributed by atoms with E-state index in [4.69, 9.17) is 0 Å². The van der Waals surface area contributed by atoms with Crippen molar-refractivity contribution in [2.24, 2.45) is 0 Å². The second-order valence-corrected chi connectivity index (χ2v) is 7.88. The van der Waals surface area contributed by atoms with E-state index in [2.05, 4.69) is 15.9 Å². The Morgan fingerprint density at radius 1 is 1.40 bits per heavy atom. The van der Waals surface area contributed by atoms with Gasteiger partial charge in [0.2, 0.25) is 10.0 Å². The fourth-order valence-electron chi connectivity index (χ4n) is 2.31. The van der Waals surface area contributed by atoms with E-state index in [1.807, 2.05) is 6.92 Å². The zero-order valence-corrected chi connectivity index (χ0v) is 13.5. The topological polar surface area (TPSA) is 57.6 Å². The normalized spacial score (nSPS) is 20.0. The lowest BCUT2D eigenvalue weighted by atomic mass is 9.90. The van der Waals surface area contributed by atoms with Crippen LogP contribution in [-0.2, 0) is 10.0 Å². The lowest BCUT2D eigenvalue weighted by Gasteiger charge is -2.36. The van der Waals surface area contributed by atoms with Gasteiger partial charge in [-0.3, -0.25) is 0 Å². The van der Waals surface area contributed by atoms with Crippen LogP contribution in [0.5, 0.6) is 0 Å². The highest BCUT2D eigenvalue weighted by Gasteiger charge is 2.36. The average molecular weight is 366 g/mol. The molecular formula is C13H17BrFNO3S. The van der Waals surface area contributed by atoms with Crippen molar-refractivity contribution in [3.8, 4) is 0 Å². The number of hydrogen-bond acceptors (Lipinski definition) is 3. The van der Waals surface area contributed by atoms with Crippen molar-refractivity contribution >= 4 is 26.0 Å². The van der Waals surface area contributed by atoms with Crippen molar-refractivity contribution in [2.45, 2.75) is 36.7 Å². The third-order valence-corrected chi connectivity index (χ3v) is 6.23. The lowest BCUT2D eigenvalue weighted by molar-refractivity contribution is -0.00804. The Kier molecular flexibility index (Phi) is 4.53. The highest BCUT2D eigenvalue weighted by Crippen LogP contribution is 2.30. The Balaban J connectivity index is 2.26. The molecule has 20 heavy (non-hydrogen) atoms. The van der Waals surface area contributed by atoms with Crippen molar-refractivity contribution in [1.82, 2.24) is 4.31 Å². The summed E-state index contributed by atoms with van der Waals surface area (Å²) in [5.74, 6) is -0.760. The van der Waals surface area contributed by atoms with Crippen molar-refractivity contribution in [1.29, 1.82) is 0 Å². The summed E-state index contributed by atoms with van der Waals surface area (Å²) in [4.78, 5) is -0.325. The van der Waals surface area contributed by atoms with Crippen LogP contribution in [-0.4, -0.2) is 36.5 Å². The number of piperidine rings is 1. The van der Waals surface area contributed by atoms with Crippen LogP contribution in [0.15, 0.2) is 27.6 Å². The maximum Gasteiger partial charge on any atom is 0.246 e. The summed E-state index contributed by atoms with van der Waals surface area (Å²) in [6, 6.07) is 3.86. The molecule has 1 aliphatic rings. The Morgan fingerprint density at radius 2 is 2.00 bits per heavy atom. The van der Waals surface area contributed by atoms with Crippen LogP contribution < -0.4 is 0 Å². The molecule has 0 spiro atoms. The van der Waals surface area contributed by atoms with Gasteiger partial charge in [-0.15, -0.1) is 0 Å². The SMILES string of the molecule is CCC1(O)CCN(S(=O)(=O)c2cc(Br)ccc2F)CC1. The number of sulfonamides is 1. The number of rotatable bonds is 3. The zero-order valence-electron chi connectivity index (χ0n) is 11.1. The predicted molar refractivity (Wildman–Crippen MR) is 77.3 cm³/mol. The molecule has 1 fully saturated rings. The van der Waals surface area contributed by atoms with Crippen molar-refractivity contribution in [2.75, 3.05) is 13.1 Å². The average Bonchev–Trinajstić information content (AvgIpc) is 2.42. The van der Waals surface area contributed by atoms with E-state index in [0.717, 1.165) is 6.07 Å². The van der Waals surface area contributed by atoms with Gasteiger partial charge in [0.25, 0.3) is 0 Å². The summed E-state index contributed by atoms with van der Waals surface area (Å²) in [5, 5.41) is 10.1. The molecular weight excluding hydrogens is 349 g/mol. The summed E-state index contributed by atoms with van der Waals surface area (Å²) < 4.78 is 40.4. The van der Waals surface area contributed by atoms with Gasteiger partial charge in [-0.25, -0.2) is 12.8 Å². The molecule has 0 aliphatic carbocycles. The molecule has 1 aromatic carbocycles. The van der Waals surface area contributed by atoms with Gasteiger partial charge in [-0.2, -0.15) is 4.31 Å². The number of benzene rings is 1. The minimum Gasteiger partial charge on any atom is -0.390 e. The molecule has 1 N–H and O–H groups in total. The summed E-state index contributed by atoms with van der Waals surface area (Å²) >= 11 is 3.15. The third-order valence-electron chi connectivity index (χ3n) is 3.82. The first-order chi connectivity index (χ1) is 9.28. The van der Waals surface area contributed by atoms with Gasteiger partial charge in [0.1, 0.15) is 10.7 Å². The van der Waals surface area contributed by atoms with E-state index in [1.165, 1.54) is 16.4 Å². The molecule has 0 aromatic heterocycles. The fraction of sp³-hybridized carbons (Fsp3) is 0.538. The molecule has 0 atom stereocenters. The first-order valence-corrected chi connectivity index (χ1v) is 8.69. The summed E-state index contributed by atoms with van der Waals surface area (Å²) in [6.07, 6.45) is 1.34. The first-order valence-electron chi connectivity index (χ1n) is 6.46. The monoisotopic (exact) mass is 365 g/mol. The molecule has 4 nitrogen and oxygen atoms in total. The molecule has 1 aliphatic heterocycles. The third kappa shape index (κ3) is 3.05. The highest BCUT2D eigenvalue weighted by molar-refractivity contribution is 9.10. The van der Waals surface area contributed by atoms with Crippen molar-refractivity contribution in [3.63, 3.8) is 0 Å². The Bertz CT molecular complexity index is 598. The minimum absolute atomic E-state index is 0.207. The van der Waals surface area contributed by atoms with Crippen LogP contribution in [0.25, 0.3) is 0 Å². The highest BCUT2D eigenvalue weighted by atomic mass is 79.9. The predicted octanol–water partition coefficient (Wildman–Crippen LogP) is 2.51. The maximum absolute atomic E-state index is 13.8. The van der Waals surface area contributed by atoms with Crippen LogP contribution in [0.2, 0.25) is 0 Å². The van der Waals surface area contributed by atoms with Crippen LogP contribution in [0.4, 0.5) is 4.39 Å². The molecule has 112 valence electrons. The smallest absolute Gasteiger partial charge is 0.246 e. The number of halogens is 2. The molecule has 0 unspecified atom stereocenters. The molecule has 1 saturated heterocycles. The lowest BCUT2D eigenvalue weighted by Crippen LogP contribution is -2.46. The largest absolute Gasteiger partial charge is 0.390 e. The zero-order chi connectivity index (χ0) is 15.0. The van der Waals surface area contributed by atoms with Crippen LogP contribution in [0.1, 0.15) is 26.2 Å². The van der Waals surface area contributed by atoms with Crippen LogP contribution >= 0.6 is 15.9 Å². The van der Waals surface area contributed by atoms with Crippen LogP contribution in [0.3, 0.4) is 0 Å². The van der Waals surface area contributed by atoms with E-state index < -0.39 is 21.4 Å². The standard InChI is InChI=1S/C13H17BrFNO3S/c1-2-13(17)5-7-16(8-6-13)20(18,19)12-9-10(14)3-4-11(12)15/h3-4,9,17H,2,5-8H2,1H3. The molecule has 1 heterocycles. The molecule has 0 saturated carbocycles. The Hall–Kier alpha value is -0.500. The molecule has 2 rings (SSSR count). The second-order valence-electron chi connectivity index (χ2n) is 5.06. The van der Waals surface area contributed by atoms with Crippen LogP contribution in [0, 0.1) is 5.82 Å². The number of aliphatic hydroxyl groups is 1. The first kappa shape index (κ1) is 15.9. The van der Waals surface area contributed by atoms with Gasteiger partial charge in [0, 0.05) is 17.6 Å². The van der Waals surface area contributed by atoms with Crippen molar-refractivity contribution < 1.29 is 17.9 Å². The Labute approximate surface area is 126 Å². The number of nitrogens with zero attached hydrogens (tertiary/aromatic N) is 1. The molecule has 0 radical (unpaired) electrons. The maximum atomic E-state index is 13.8. The molecule has 1 aromatic rings.